The van der Waals surface area contributed by atoms with Crippen molar-refractivity contribution in [3.05, 3.63) is 75.3 Å². The van der Waals surface area contributed by atoms with Crippen molar-refractivity contribution in [3.8, 4) is 5.75 Å². The summed E-state index contributed by atoms with van der Waals surface area (Å²) in [5.74, 6) is 0.767. The zero-order valence-electron chi connectivity index (χ0n) is 12.4. The molecule has 0 radical (unpaired) electrons. The summed E-state index contributed by atoms with van der Waals surface area (Å²) in [6, 6.07) is 15.6. The first-order chi connectivity index (χ1) is 11.7. The number of para-hydroxylation sites is 1. The minimum absolute atomic E-state index is 0.0448. The molecule has 0 bridgehead atoms. The van der Waals surface area contributed by atoms with Crippen molar-refractivity contribution in [2.24, 2.45) is 4.99 Å². The van der Waals surface area contributed by atoms with Gasteiger partial charge in [-0.1, -0.05) is 29.5 Å². The molecule has 0 saturated carbocycles. The molecule has 120 valence electrons. The molecule has 0 aliphatic heterocycles. The Kier molecular flexibility index (Phi) is 4.87. The molecular weight excluding hydrogens is 328 g/mol. The van der Waals surface area contributed by atoms with Gasteiger partial charge in [0.25, 0.3) is 5.69 Å². The molecule has 7 nitrogen and oxygen atoms in total. The predicted octanol–water partition coefficient (Wildman–Crippen LogP) is 3.78. The second kappa shape index (κ2) is 7.42. The Bertz CT molecular complexity index is 847. The van der Waals surface area contributed by atoms with Gasteiger partial charge in [-0.05, 0) is 29.8 Å². The molecule has 0 fully saturated rings. The van der Waals surface area contributed by atoms with Gasteiger partial charge in [0.1, 0.15) is 12.4 Å². The van der Waals surface area contributed by atoms with E-state index in [0.29, 0.717) is 11.7 Å². The van der Waals surface area contributed by atoms with Crippen LogP contribution in [0, 0.1) is 10.1 Å². The monoisotopic (exact) mass is 340 g/mol. The van der Waals surface area contributed by atoms with Gasteiger partial charge < -0.3 is 4.74 Å². The van der Waals surface area contributed by atoms with Crippen LogP contribution in [0.5, 0.6) is 5.75 Å². The van der Waals surface area contributed by atoms with Crippen molar-refractivity contribution >= 4 is 28.4 Å². The molecule has 2 aromatic carbocycles. The van der Waals surface area contributed by atoms with Gasteiger partial charge >= 0.3 is 0 Å². The number of nitro groups is 1. The lowest BCUT2D eigenvalue weighted by Gasteiger charge is -2.01. The Morgan fingerprint density at radius 3 is 2.58 bits per heavy atom. The lowest BCUT2D eigenvalue weighted by Crippen LogP contribution is -1.94. The lowest BCUT2D eigenvalue weighted by atomic mass is 10.2. The molecule has 0 N–H and O–H groups in total. The van der Waals surface area contributed by atoms with Gasteiger partial charge in [-0.3, -0.25) is 10.1 Å². The average molecular weight is 340 g/mol. The molecule has 0 aliphatic rings. The second-order valence-electron chi connectivity index (χ2n) is 4.69. The summed E-state index contributed by atoms with van der Waals surface area (Å²) in [6.45, 7) is 0.328. The van der Waals surface area contributed by atoms with Crippen LogP contribution in [0.4, 0.5) is 10.8 Å². The van der Waals surface area contributed by atoms with E-state index in [9.17, 15) is 10.1 Å². The van der Waals surface area contributed by atoms with Crippen LogP contribution in [0.1, 0.15) is 10.6 Å². The van der Waals surface area contributed by atoms with E-state index in [0.717, 1.165) is 16.3 Å². The molecular formula is C16H12N4O3S. The summed E-state index contributed by atoms with van der Waals surface area (Å²) in [6.07, 6.45) is 1.59. The van der Waals surface area contributed by atoms with Crippen molar-refractivity contribution < 1.29 is 9.66 Å². The van der Waals surface area contributed by atoms with Crippen LogP contribution in [0.2, 0.25) is 0 Å². The maximum Gasteiger partial charge on any atom is 0.269 e. The molecule has 1 heterocycles. The van der Waals surface area contributed by atoms with E-state index in [1.54, 1.807) is 18.3 Å². The van der Waals surface area contributed by atoms with E-state index >= 15 is 0 Å². The Balaban J connectivity index is 1.60. The van der Waals surface area contributed by atoms with Gasteiger partial charge in [-0.15, -0.1) is 10.2 Å². The maximum absolute atomic E-state index is 10.6. The van der Waals surface area contributed by atoms with Gasteiger partial charge in [0.05, 0.1) is 4.92 Å². The SMILES string of the molecule is O=[N+]([O-])c1ccc(C=Nc2nnc(COc3ccccc3)s2)cc1. The van der Waals surface area contributed by atoms with Crippen LogP contribution >= 0.6 is 11.3 Å². The molecule has 24 heavy (non-hydrogen) atoms. The second-order valence-corrected chi connectivity index (χ2v) is 5.73. The number of nitro benzene ring substituents is 1. The Labute approximate surface area is 141 Å². The molecule has 3 aromatic rings. The zero-order valence-corrected chi connectivity index (χ0v) is 13.2. The van der Waals surface area contributed by atoms with Gasteiger partial charge in [0.2, 0.25) is 5.13 Å². The van der Waals surface area contributed by atoms with Crippen LogP contribution in [-0.2, 0) is 6.61 Å². The molecule has 0 unspecified atom stereocenters. The van der Waals surface area contributed by atoms with E-state index in [-0.39, 0.29) is 5.69 Å². The normalized spacial score (nSPS) is 10.8. The third kappa shape index (κ3) is 4.20. The topological polar surface area (TPSA) is 90.5 Å². The van der Waals surface area contributed by atoms with Crippen LogP contribution < -0.4 is 4.74 Å². The van der Waals surface area contributed by atoms with Gasteiger partial charge in [-0.2, -0.15) is 0 Å². The van der Waals surface area contributed by atoms with Crippen molar-refractivity contribution in [1.29, 1.82) is 0 Å². The zero-order chi connectivity index (χ0) is 16.8. The van der Waals surface area contributed by atoms with E-state index < -0.39 is 4.92 Å². The number of rotatable bonds is 6. The van der Waals surface area contributed by atoms with Gasteiger partial charge in [-0.25, -0.2) is 4.99 Å². The molecule has 0 spiro atoms. The van der Waals surface area contributed by atoms with Crippen LogP contribution in [0.25, 0.3) is 0 Å². The maximum atomic E-state index is 10.6. The highest BCUT2D eigenvalue weighted by Gasteiger charge is 2.05. The summed E-state index contributed by atoms with van der Waals surface area (Å²) in [5.41, 5.74) is 0.793. The fourth-order valence-corrected chi connectivity index (χ4v) is 2.43. The molecule has 0 saturated heterocycles. The van der Waals surface area contributed by atoms with Gasteiger partial charge in [0, 0.05) is 18.3 Å². The summed E-state index contributed by atoms with van der Waals surface area (Å²) in [4.78, 5) is 14.4. The van der Waals surface area contributed by atoms with E-state index in [4.69, 9.17) is 4.74 Å². The first-order valence-corrected chi connectivity index (χ1v) is 7.81. The van der Waals surface area contributed by atoms with E-state index in [1.165, 1.54) is 23.5 Å². The number of hydrogen-bond donors (Lipinski definition) is 0. The summed E-state index contributed by atoms with van der Waals surface area (Å²) in [5, 5.41) is 19.8. The highest BCUT2D eigenvalue weighted by molar-refractivity contribution is 7.14. The largest absolute Gasteiger partial charge is 0.486 e. The third-order valence-electron chi connectivity index (χ3n) is 2.99. The van der Waals surface area contributed by atoms with Gasteiger partial charge in [0.15, 0.2) is 5.01 Å². The number of nitrogens with zero attached hydrogens (tertiary/aromatic N) is 4. The number of aliphatic imine (C=N–C) groups is 1. The fourth-order valence-electron chi connectivity index (χ4n) is 1.83. The number of ether oxygens (including phenoxy) is 1. The smallest absolute Gasteiger partial charge is 0.269 e. The molecule has 0 atom stereocenters. The summed E-state index contributed by atoms with van der Waals surface area (Å²) >= 11 is 1.33. The summed E-state index contributed by atoms with van der Waals surface area (Å²) in [7, 11) is 0. The Morgan fingerprint density at radius 2 is 1.88 bits per heavy atom. The van der Waals surface area contributed by atoms with Crippen molar-refractivity contribution in [2.75, 3.05) is 0 Å². The van der Waals surface area contributed by atoms with Crippen LogP contribution in [-0.4, -0.2) is 21.3 Å². The molecule has 0 amide bonds. The molecule has 8 heteroatoms. The first kappa shape index (κ1) is 15.8. The minimum atomic E-state index is -0.440. The molecule has 1 aromatic heterocycles. The van der Waals surface area contributed by atoms with Crippen LogP contribution in [0.15, 0.2) is 59.6 Å². The Morgan fingerprint density at radius 1 is 1.12 bits per heavy atom. The first-order valence-electron chi connectivity index (χ1n) is 6.99. The minimum Gasteiger partial charge on any atom is -0.486 e. The molecule has 0 aliphatic carbocycles. The number of non-ortho nitro benzene ring substituents is 1. The fraction of sp³-hybridized carbons (Fsp3) is 0.0625. The van der Waals surface area contributed by atoms with E-state index in [2.05, 4.69) is 15.2 Å². The average Bonchev–Trinajstić information content (AvgIpc) is 3.07. The van der Waals surface area contributed by atoms with Crippen molar-refractivity contribution in [1.82, 2.24) is 10.2 Å². The quantitative estimate of drug-likeness (QED) is 0.387. The lowest BCUT2D eigenvalue weighted by molar-refractivity contribution is -0.384. The molecule has 3 rings (SSSR count). The van der Waals surface area contributed by atoms with E-state index in [1.807, 2.05) is 30.3 Å². The van der Waals surface area contributed by atoms with Crippen LogP contribution in [0.3, 0.4) is 0 Å². The number of benzene rings is 2. The van der Waals surface area contributed by atoms with Crippen molar-refractivity contribution in [3.63, 3.8) is 0 Å². The third-order valence-corrected chi connectivity index (χ3v) is 3.79. The highest BCUT2D eigenvalue weighted by Crippen LogP contribution is 2.20. The van der Waals surface area contributed by atoms with Crippen molar-refractivity contribution in [2.45, 2.75) is 6.61 Å². The predicted molar refractivity (Wildman–Crippen MR) is 91.0 cm³/mol. The standard InChI is InChI=1S/C16H12N4O3S/c21-20(22)13-8-6-12(7-9-13)10-17-16-19-18-15(24-16)11-23-14-4-2-1-3-5-14/h1-10H,11H2. The summed E-state index contributed by atoms with van der Waals surface area (Å²) < 4.78 is 5.60. The number of hydrogen-bond acceptors (Lipinski definition) is 7. The highest BCUT2D eigenvalue weighted by atomic mass is 32.1. The Hall–Kier alpha value is -3.13. The number of aromatic nitrogens is 2.